The van der Waals surface area contributed by atoms with Crippen LogP contribution in [-0.2, 0) is 27.5 Å². The van der Waals surface area contributed by atoms with Gasteiger partial charge in [-0.05, 0) is 67.6 Å². The Morgan fingerprint density at radius 1 is 0.913 bits per heavy atom. The van der Waals surface area contributed by atoms with Crippen molar-refractivity contribution in [3.63, 3.8) is 0 Å². The number of benzene rings is 2. The molecular formula is C29H35N7O9S. The van der Waals surface area contributed by atoms with Gasteiger partial charge in [-0.3, -0.25) is 45.5 Å². The number of alkyl carbamates (subject to hydrolysis) is 2. The molecule has 0 bridgehead atoms. The molecule has 3 atom stereocenters. The summed E-state index contributed by atoms with van der Waals surface area (Å²) >= 11 is 4.51. The van der Waals surface area contributed by atoms with Crippen LogP contribution in [0.2, 0.25) is 0 Å². The summed E-state index contributed by atoms with van der Waals surface area (Å²) in [5.74, 6) is 0.0528. The van der Waals surface area contributed by atoms with E-state index in [1.165, 1.54) is 48.5 Å². The highest BCUT2D eigenvalue weighted by Gasteiger charge is 2.37. The molecule has 0 aliphatic carbocycles. The second-order valence-electron chi connectivity index (χ2n) is 11.1. The van der Waals surface area contributed by atoms with Crippen LogP contribution in [-0.4, -0.2) is 88.2 Å². The van der Waals surface area contributed by atoms with Crippen molar-refractivity contribution < 1.29 is 33.7 Å². The average molecular weight is 658 g/mol. The number of guanidine groups is 1. The summed E-state index contributed by atoms with van der Waals surface area (Å²) in [6.07, 6.45) is 0.224. The van der Waals surface area contributed by atoms with Crippen LogP contribution in [0.25, 0.3) is 0 Å². The van der Waals surface area contributed by atoms with Crippen molar-refractivity contribution in [3.05, 3.63) is 79.9 Å². The molecule has 2 N–H and O–H groups in total. The van der Waals surface area contributed by atoms with Crippen LogP contribution in [0, 0.1) is 26.1 Å². The van der Waals surface area contributed by atoms with Crippen molar-refractivity contribution in [2.75, 3.05) is 33.2 Å². The van der Waals surface area contributed by atoms with Gasteiger partial charge in [0, 0.05) is 55.7 Å². The van der Waals surface area contributed by atoms with Gasteiger partial charge in [0.15, 0.2) is 0 Å². The number of aliphatic imine (C=N–C) groups is 1. The first-order valence-corrected chi connectivity index (χ1v) is 15.1. The van der Waals surface area contributed by atoms with Crippen molar-refractivity contribution in [2.24, 2.45) is 10.9 Å². The standard InChI is InChI=1S/C29H35N7O9S/c1-33-16-24(46)14-25(33)26(37)34-13-11-19(15-34)10-12-30-27(31-28(38)44-17-20-2-6-22(7-3-20)35(40)41)32-29(39)45-18-21-4-8-23(9-5-21)36(42)43/h2-9,19,24-25,46H,10-18H2,1H3,(H2,30,31,32,38,39)/t19-,24-,25-/m0/s1. The number of ether oxygens (including phenoxy) is 2. The number of rotatable bonds is 10. The summed E-state index contributed by atoms with van der Waals surface area (Å²) in [4.78, 5) is 67.0. The zero-order valence-electron chi connectivity index (χ0n) is 25.1. The number of hydrogen-bond acceptors (Lipinski definition) is 12. The third-order valence-electron chi connectivity index (χ3n) is 7.69. The normalized spacial score (nSPS) is 19.3. The molecule has 2 aromatic carbocycles. The van der Waals surface area contributed by atoms with Crippen LogP contribution in [0.4, 0.5) is 21.0 Å². The lowest BCUT2D eigenvalue weighted by Crippen LogP contribution is -2.44. The summed E-state index contributed by atoms with van der Waals surface area (Å²) in [5, 5.41) is 26.6. The van der Waals surface area contributed by atoms with Gasteiger partial charge in [-0.15, -0.1) is 0 Å². The van der Waals surface area contributed by atoms with E-state index >= 15 is 0 Å². The maximum atomic E-state index is 13.0. The van der Waals surface area contributed by atoms with Gasteiger partial charge in [0.1, 0.15) is 13.2 Å². The predicted octanol–water partition coefficient (Wildman–Crippen LogP) is 3.25. The average Bonchev–Trinajstić information content (AvgIpc) is 3.64. The number of thiol groups is 1. The molecule has 2 aliphatic rings. The smallest absolute Gasteiger partial charge is 0.414 e. The lowest BCUT2D eigenvalue weighted by atomic mass is 10.1. The van der Waals surface area contributed by atoms with Crippen LogP contribution < -0.4 is 10.6 Å². The van der Waals surface area contributed by atoms with E-state index in [1.807, 2.05) is 16.8 Å². The van der Waals surface area contributed by atoms with E-state index in [9.17, 15) is 34.6 Å². The number of nitrogens with one attached hydrogen (secondary N) is 2. The van der Waals surface area contributed by atoms with Gasteiger partial charge in [0.2, 0.25) is 11.9 Å². The molecule has 2 heterocycles. The lowest BCUT2D eigenvalue weighted by molar-refractivity contribution is -0.385. The van der Waals surface area contributed by atoms with Gasteiger partial charge in [-0.1, -0.05) is 0 Å². The quantitative estimate of drug-likeness (QED) is 0.112. The Kier molecular flexibility index (Phi) is 11.9. The molecule has 4 rings (SSSR count). The van der Waals surface area contributed by atoms with E-state index in [4.69, 9.17) is 9.47 Å². The molecule has 16 nitrogen and oxygen atoms in total. The highest BCUT2D eigenvalue weighted by molar-refractivity contribution is 7.81. The fourth-order valence-corrected chi connectivity index (χ4v) is 5.66. The molecule has 2 saturated heterocycles. The van der Waals surface area contributed by atoms with E-state index in [2.05, 4.69) is 28.3 Å². The minimum Gasteiger partial charge on any atom is -0.444 e. The first kappa shape index (κ1) is 34.1. The molecule has 0 saturated carbocycles. The molecule has 2 aromatic rings. The third-order valence-corrected chi connectivity index (χ3v) is 8.07. The second-order valence-corrected chi connectivity index (χ2v) is 11.8. The Morgan fingerprint density at radius 3 is 1.89 bits per heavy atom. The number of carbonyl (C=O) groups excluding carboxylic acids is 3. The molecule has 2 aliphatic heterocycles. The van der Waals surface area contributed by atoms with E-state index < -0.39 is 22.0 Å². The Bertz CT molecular complexity index is 1380. The summed E-state index contributed by atoms with van der Waals surface area (Å²) in [6.45, 7) is 1.81. The molecule has 3 amide bonds. The Labute approximate surface area is 269 Å². The van der Waals surface area contributed by atoms with Gasteiger partial charge in [0.25, 0.3) is 11.4 Å². The van der Waals surface area contributed by atoms with Crippen LogP contribution in [0.1, 0.15) is 30.4 Å². The SMILES string of the molecule is CN1C[C@@H](S)C[C@H]1C(=O)N1CC[C@H](CCN=C(NC(=O)OCc2ccc([N+](=O)[O-])cc2)NC(=O)OCc2ccc([N+](=O)[O-])cc2)C1. The predicted molar refractivity (Wildman–Crippen MR) is 168 cm³/mol. The largest absolute Gasteiger partial charge is 0.444 e. The fraction of sp³-hybridized carbons (Fsp3) is 0.448. The zero-order chi connectivity index (χ0) is 33.2. The van der Waals surface area contributed by atoms with Crippen molar-refractivity contribution in [1.82, 2.24) is 20.4 Å². The number of non-ortho nitro benzene ring substituents is 2. The number of likely N-dealkylation sites (N-methyl/N-ethyl adjacent to an activating group) is 1. The van der Waals surface area contributed by atoms with Crippen LogP contribution in [0.15, 0.2) is 53.5 Å². The molecule has 17 heteroatoms. The monoisotopic (exact) mass is 657 g/mol. The first-order chi connectivity index (χ1) is 22.0. The summed E-state index contributed by atoms with van der Waals surface area (Å²) in [7, 11) is 1.93. The van der Waals surface area contributed by atoms with Crippen molar-refractivity contribution in [3.8, 4) is 0 Å². The molecule has 0 aromatic heterocycles. The molecular weight excluding hydrogens is 622 g/mol. The van der Waals surface area contributed by atoms with Crippen molar-refractivity contribution >= 4 is 48.1 Å². The molecule has 2 fully saturated rings. The van der Waals surface area contributed by atoms with Crippen LogP contribution in [0.5, 0.6) is 0 Å². The van der Waals surface area contributed by atoms with E-state index in [-0.39, 0.29) is 60.2 Å². The number of nitro groups is 2. The third kappa shape index (κ3) is 9.87. The number of amides is 3. The number of carbonyl (C=O) groups is 3. The number of hydrogen-bond donors (Lipinski definition) is 3. The van der Waals surface area contributed by atoms with Crippen molar-refractivity contribution in [2.45, 2.75) is 43.8 Å². The Hall–Kier alpha value is -4.77. The van der Waals surface area contributed by atoms with E-state index in [0.717, 1.165) is 13.0 Å². The van der Waals surface area contributed by atoms with Crippen LogP contribution in [0.3, 0.4) is 0 Å². The number of nitro benzene ring substituents is 2. The topological polar surface area (TPSA) is 199 Å². The number of likely N-dealkylation sites (tertiary alicyclic amines) is 2. The fourth-order valence-electron chi connectivity index (χ4n) is 5.20. The molecule has 0 spiro atoms. The van der Waals surface area contributed by atoms with Gasteiger partial charge in [-0.2, -0.15) is 12.6 Å². The number of nitrogens with zero attached hydrogens (tertiary/aromatic N) is 5. The van der Waals surface area contributed by atoms with Gasteiger partial charge in [0.05, 0.1) is 15.9 Å². The molecule has 0 unspecified atom stereocenters. The summed E-state index contributed by atoms with van der Waals surface area (Å²) in [6, 6.07) is 10.8. The van der Waals surface area contributed by atoms with Crippen molar-refractivity contribution in [1.29, 1.82) is 0 Å². The Balaban J connectivity index is 1.32. The van der Waals surface area contributed by atoms with Gasteiger partial charge in [-0.25, -0.2) is 9.59 Å². The summed E-state index contributed by atoms with van der Waals surface area (Å²) < 4.78 is 10.4. The lowest BCUT2D eigenvalue weighted by Gasteiger charge is -2.25. The van der Waals surface area contributed by atoms with Gasteiger partial charge >= 0.3 is 12.2 Å². The Morgan fingerprint density at radius 2 is 1.43 bits per heavy atom. The second kappa shape index (κ2) is 16.0. The zero-order valence-corrected chi connectivity index (χ0v) is 26.0. The molecule has 46 heavy (non-hydrogen) atoms. The molecule has 246 valence electrons. The van der Waals surface area contributed by atoms with E-state index in [0.29, 0.717) is 37.1 Å². The minimum absolute atomic E-state index is 0.0978. The van der Waals surface area contributed by atoms with Crippen LogP contribution >= 0.6 is 12.6 Å². The first-order valence-electron chi connectivity index (χ1n) is 14.5. The van der Waals surface area contributed by atoms with Gasteiger partial charge < -0.3 is 14.4 Å². The maximum Gasteiger partial charge on any atom is 0.414 e. The highest BCUT2D eigenvalue weighted by Crippen LogP contribution is 2.26. The maximum absolute atomic E-state index is 13.0. The summed E-state index contributed by atoms with van der Waals surface area (Å²) in [5.41, 5.74) is 0.796. The highest BCUT2D eigenvalue weighted by atomic mass is 32.1. The molecule has 0 radical (unpaired) electrons. The minimum atomic E-state index is -0.936. The van der Waals surface area contributed by atoms with E-state index in [1.54, 1.807) is 0 Å².